The van der Waals surface area contributed by atoms with Crippen molar-refractivity contribution in [2.24, 2.45) is 5.92 Å². The molecule has 0 radical (unpaired) electrons. The summed E-state index contributed by atoms with van der Waals surface area (Å²) >= 11 is 0. The molecule has 0 unspecified atom stereocenters. The second kappa shape index (κ2) is 8.89. The number of fused-ring (bicyclic) bond motifs is 3. The first-order valence-electron chi connectivity index (χ1n) is 11.8. The van der Waals surface area contributed by atoms with Crippen LogP contribution in [0.15, 0.2) is 71.6 Å². The van der Waals surface area contributed by atoms with E-state index in [4.69, 9.17) is 0 Å². The Bertz CT molecular complexity index is 1460. The number of carbonyl (C=O) groups excluding carboxylic acids is 1. The summed E-state index contributed by atoms with van der Waals surface area (Å²) in [6.07, 6.45) is 1.02. The maximum atomic E-state index is 13.0. The highest BCUT2D eigenvalue weighted by atomic mass is 32.2. The minimum Gasteiger partial charge on any atom is -0.341 e. The average Bonchev–Trinajstić information content (AvgIpc) is 3.17. The highest BCUT2D eigenvalue weighted by Crippen LogP contribution is 2.31. The van der Waals surface area contributed by atoms with Crippen LogP contribution in [0.3, 0.4) is 0 Å². The van der Waals surface area contributed by atoms with Crippen LogP contribution >= 0.6 is 0 Å². The summed E-state index contributed by atoms with van der Waals surface area (Å²) in [4.78, 5) is 13.3. The Morgan fingerprint density at radius 3 is 2.32 bits per heavy atom. The molecule has 3 aromatic carbocycles. The van der Waals surface area contributed by atoms with Crippen LogP contribution in [0.5, 0.6) is 0 Å². The third kappa shape index (κ3) is 3.99. The fourth-order valence-electron chi connectivity index (χ4n) is 4.93. The first-order valence-corrected chi connectivity index (χ1v) is 13.2. The van der Waals surface area contributed by atoms with Crippen LogP contribution in [-0.4, -0.2) is 36.3 Å². The van der Waals surface area contributed by atoms with Crippen molar-refractivity contribution >= 4 is 43.4 Å². The first-order chi connectivity index (χ1) is 16.4. The second-order valence-electron chi connectivity index (χ2n) is 8.97. The number of anilines is 1. The molecule has 1 saturated heterocycles. The molecule has 1 fully saturated rings. The molecule has 0 spiro atoms. The van der Waals surface area contributed by atoms with Crippen LogP contribution in [0.4, 0.5) is 5.69 Å². The Kier molecular flexibility index (Phi) is 5.91. The van der Waals surface area contributed by atoms with Gasteiger partial charge in [-0.2, -0.15) is 4.31 Å². The number of nitrogens with one attached hydrogen (secondary N) is 1. The largest absolute Gasteiger partial charge is 0.341 e. The van der Waals surface area contributed by atoms with Crippen LogP contribution in [0, 0.1) is 12.8 Å². The Morgan fingerprint density at radius 1 is 0.941 bits per heavy atom. The van der Waals surface area contributed by atoms with Crippen LogP contribution in [0.25, 0.3) is 21.8 Å². The molecule has 2 heterocycles. The minimum atomic E-state index is -3.53. The summed E-state index contributed by atoms with van der Waals surface area (Å²) < 4.78 is 29.7. The Balaban J connectivity index is 1.29. The molecular weight excluding hydrogens is 446 g/mol. The molecule has 1 amide bonds. The van der Waals surface area contributed by atoms with E-state index in [0.717, 1.165) is 28.7 Å². The zero-order valence-electron chi connectivity index (χ0n) is 19.5. The molecule has 0 bridgehead atoms. The summed E-state index contributed by atoms with van der Waals surface area (Å²) in [7, 11) is -3.53. The molecule has 176 valence electrons. The summed E-state index contributed by atoms with van der Waals surface area (Å²) in [5.41, 5.74) is 4.12. The van der Waals surface area contributed by atoms with Crippen LogP contribution < -0.4 is 5.32 Å². The first kappa shape index (κ1) is 22.6. The average molecular weight is 476 g/mol. The zero-order chi connectivity index (χ0) is 23.9. The Labute approximate surface area is 200 Å². The van der Waals surface area contributed by atoms with Crippen molar-refractivity contribution in [3.8, 4) is 0 Å². The van der Waals surface area contributed by atoms with E-state index in [1.807, 2.05) is 43.3 Å². The normalized spacial score (nSPS) is 15.7. The molecule has 1 aliphatic heterocycles. The van der Waals surface area contributed by atoms with E-state index in [1.54, 1.807) is 12.1 Å². The number of piperidine rings is 1. The lowest BCUT2D eigenvalue weighted by molar-refractivity contribution is -0.120. The summed E-state index contributed by atoms with van der Waals surface area (Å²) in [6.45, 7) is 5.63. The number of hydrogen-bond acceptors (Lipinski definition) is 3. The predicted molar refractivity (Wildman–Crippen MR) is 136 cm³/mol. The number of aromatic nitrogens is 1. The lowest BCUT2D eigenvalue weighted by atomic mass is 9.97. The highest BCUT2D eigenvalue weighted by molar-refractivity contribution is 7.89. The van der Waals surface area contributed by atoms with Crippen molar-refractivity contribution in [2.45, 2.75) is 38.1 Å². The summed E-state index contributed by atoms with van der Waals surface area (Å²) in [5.74, 6) is -0.261. The number of benzene rings is 3. The van der Waals surface area contributed by atoms with Crippen LogP contribution in [0.2, 0.25) is 0 Å². The number of nitrogens with zero attached hydrogens (tertiary/aromatic N) is 2. The van der Waals surface area contributed by atoms with E-state index < -0.39 is 10.0 Å². The van der Waals surface area contributed by atoms with E-state index in [-0.39, 0.29) is 11.8 Å². The number of rotatable bonds is 5. The Hall–Kier alpha value is -3.16. The van der Waals surface area contributed by atoms with Gasteiger partial charge in [-0.1, -0.05) is 35.9 Å². The fraction of sp³-hybridized carbons (Fsp3) is 0.296. The van der Waals surface area contributed by atoms with E-state index >= 15 is 0 Å². The summed E-state index contributed by atoms with van der Waals surface area (Å²) in [5, 5.41) is 5.36. The molecule has 0 aliphatic carbocycles. The quantitative estimate of drug-likeness (QED) is 0.433. The van der Waals surface area contributed by atoms with Gasteiger partial charge in [0.15, 0.2) is 0 Å². The lowest BCUT2D eigenvalue weighted by Gasteiger charge is -2.30. The van der Waals surface area contributed by atoms with E-state index in [2.05, 4.69) is 35.0 Å². The zero-order valence-corrected chi connectivity index (χ0v) is 20.3. The number of carbonyl (C=O) groups is 1. The fourth-order valence-corrected chi connectivity index (χ4v) is 6.40. The van der Waals surface area contributed by atoms with E-state index in [9.17, 15) is 13.2 Å². The molecular formula is C27H29N3O3S. The van der Waals surface area contributed by atoms with Gasteiger partial charge in [0.2, 0.25) is 15.9 Å². The van der Waals surface area contributed by atoms with Gasteiger partial charge in [0.25, 0.3) is 0 Å². The third-order valence-electron chi connectivity index (χ3n) is 6.84. The molecule has 0 atom stereocenters. The maximum absolute atomic E-state index is 13.0. The topological polar surface area (TPSA) is 71.4 Å². The van der Waals surface area contributed by atoms with Crippen LogP contribution in [0.1, 0.15) is 25.3 Å². The smallest absolute Gasteiger partial charge is 0.243 e. The van der Waals surface area contributed by atoms with Crippen molar-refractivity contribution in [1.82, 2.24) is 8.87 Å². The van der Waals surface area contributed by atoms with E-state index in [0.29, 0.717) is 30.8 Å². The van der Waals surface area contributed by atoms with Gasteiger partial charge in [-0.25, -0.2) is 8.42 Å². The number of amides is 1. The molecule has 4 aromatic rings. The monoisotopic (exact) mass is 475 g/mol. The lowest BCUT2D eigenvalue weighted by Crippen LogP contribution is -2.41. The molecule has 1 aliphatic rings. The van der Waals surface area contributed by atoms with Gasteiger partial charge < -0.3 is 9.88 Å². The van der Waals surface area contributed by atoms with E-state index in [1.165, 1.54) is 15.2 Å². The molecule has 5 rings (SSSR count). The van der Waals surface area contributed by atoms with Gasteiger partial charge >= 0.3 is 0 Å². The number of para-hydroxylation sites is 1. The summed E-state index contributed by atoms with van der Waals surface area (Å²) in [6, 6.07) is 21.3. The Morgan fingerprint density at radius 2 is 1.62 bits per heavy atom. The van der Waals surface area contributed by atoms with Crippen molar-refractivity contribution in [3.05, 3.63) is 72.3 Å². The van der Waals surface area contributed by atoms with Gasteiger partial charge in [-0.05, 0) is 63.1 Å². The van der Waals surface area contributed by atoms with Gasteiger partial charge in [0.05, 0.1) is 4.90 Å². The van der Waals surface area contributed by atoms with Crippen molar-refractivity contribution in [2.75, 3.05) is 18.4 Å². The number of hydrogen-bond donors (Lipinski definition) is 1. The van der Waals surface area contributed by atoms with Gasteiger partial charge in [-0.3, -0.25) is 4.79 Å². The highest BCUT2D eigenvalue weighted by Gasteiger charge is 2.32. The van der Waals surface area contributed by atoms with Crippen LogP contribution in [-0.2, 0) is 21.4 Å². The van der Waals surface area contributed by atoms with Gasteiger partial charge in [0, 0.05) is 53.0 Å². The predicted octanol–water partition coefficient (Wildman–Crippen LogP) is 5.16. The molecule has 1 N–H and O–H groups in total. The van der Waals surface area contributed by atoms with Gasteiger partial charge in [-0.15, -0.1) is 0 Å². The second-order valence-corrected chi connectivity index (χ2v) is 10.9. The minimum absolute atomic E-state index is 0.0500. The van der Waals surface area contributed by atoms with Gasteiger partial charge in [0.1, 0.15) is 0 Å². The molecule has 34 heavy (non-hydrogen) atoms. The van der Waals surface area contributed by atoms with Crippen molar-refractivity contribution < 1.29 is 13.2 Å². The maximum Gasteiger partial charge on any atom is 0.243 e. The molecule has 6 nitrogen and oxygen atoms in total. The van der Waals surface area contributed by atoms with Crippen molar-refractivity contribution in [1.29, 1.82) is 0 Å². The SMILES string of the molecule is CCn1c2ccccc2c2cc(NC(=O)C3CCN(S(=O)(=O)c4ccc(C)cc4)CC3)ccc21. The molecule has 0 saturated carbocycles. The molecule has 7 heteroatoms. The number of sulfonamides is 1. The number of aryl methyl sites for hydroxylation is 2. The van der Waals surface area contributed by atoms with Crippen molar-refractivity contribution in [3.63, 3.8) is 0 Å². The standard InChI is InChI=1S/C27H29N3O3S/c1-3-30-25-7-5-4-6-23(25)24-18-21(10-13-26(24)30)28-27(31)20-14-16-29(17-15-20)34(32,33)22-11-8-19(2)9-12-22/h4-13,18,20H,3,14-17H2,1-2H3,(H,28,31). The third-order valence-corrected chi connectivity index (χ3v) is 8.75. The molecule has 1 aromatic heterocycles.